The molecule has 2 N–H and O–H groups in total. The summed E-state index contributed by atoms with van der Waals surface area (Å²) in [6.07, 6.45) is 4.97. The molecule has 0 radical (unpaired) electrons. The summed E-state index contributed by atoms with van der Waals surface area (Å²) in [7, 11) is 0. The van der Waals surface area contributed by atoms with E-state index in [1.54, 1.807) is 0 Å². The second-order valence-corrected chi connectivity index (χ2v) is 4.44. The van der Waals surface area contributed by atoms with E-state index in [0.717, 1.165) is 26.2 Å². The highest BCUT2D eigenvalue weighted by Crippen LogP contribution is 2.03. The molecule has 1 rings (SSSR count). The quantitative estimate of drug-likeness (QED) is 0.608. The van der Waals surface area contributed by atoms with Gasteiger partial charge in [0, 0.05) is 13.1 Å². The summed E-state index contributed by atoms with van der Waals surface area (Å²) in [4.78, 5) is 0. The van der Waals surface area contributed by atoms with Crippen LogP contribution in [0.1, 0.15) is 31.7 Å². The number of benzene rings is 1. The van der Waals surface area contributed by atoms with Crippen LogP contribution in [0, 0.1) is 0 Å². The zero-order chi connectivity index (χ0) is 12.2. The summed E-state index contributed by atoms with van der Waals surface area (Å²) in [5.41, 5.74) is 1.46. The molecular formula is C15H26N2. The molecule has 0 bridgehead atoms. The van der Waals surface area contributed by atoms with E-state index >= 15 is 0 Å². The molecule has 0 aromatic heterocycles. The van der Waals surface area contributed by atoms with Crippen LogP contribution in [0.3, 0.4) is 0 Å². The first-order chi connectivity index (χ1) is 8.43. The van der Waals surface area contributed by atoms with Crippen molar-refractivity contribution >= 4 is 0 Å². The number of aryl methyl sites for hydroxylation is 1. The van der Waals surface area contributed by atoms with Crippen molar-refractivity contribution in [2.45, 2.75) is 32.6 Å². The molecule has 2 heteroatoms. The van der Waals surface area contributed by atoms with Gasteiger partial charge in [-0.05, 0) is 44.3 Å². The highest BCUT2D eigenvalue weighted by atomic mass is 14.9. The minimum atomic E-state index is 1.09. The van der Waals surface area contributed by atoms with Gasteiger partial charge in [-0.2, -0.15) is 0 Å². The molecule has 0 unspecified atom stereocenters. The Balaban J connectivity index is 1.85. The average Bonchev–Trinajstić information content (AvgIpc) is 2.38. The summed E-state index contributed by atoms with van der Waals surface area (Å²) in [5.74, 6) is 0. The zero-order valence-electron chi connectivity index (χ0n) is 11.0. The normalized spacial score (nSPS) is 10.6. The van der Waals surface area contributed by atoms with Gasteiger partial charge in [0.25, 0.3) is 0 Å². The Morgan fingerprint density at radius 3 is 2.24 bits per heavy atom. The van der Waals surface area contributed by atoms with Crippen molar-refractivity contribution in [3.63, 3.8) is 0 Å². The monoisotopic (exact) mass is 234 g/mol. The molecule has 0 heterocycles. The molecule has 0 amide bonds. The number of hydrogen-bond acceptors (Lipinski definition) is 2. The van der Waals surface area contributed by atoms with Crippen LogP contribution in [0.25, 0.3) is 0 Å². The van der Waals surface area contributed by atoms with E-state index in [4.69, 9.17) is 0 Å². The predicted molar refractivity (Wildman–Crippen MR) is 75.4 cm³/mol. The smallest absolute Gasteiger partial charge is 0.00767 e. The largest absolute Gasteiger partial charge is 0.315 e. The van der Waals surface area contributed by atoms with Crippen LogP contribution in [-0.2, 0) is 6.42 Å². The Labute approximate surface area is 106 Å². The van der Waals surface area contributed by atoms with Crippen LogP contribution in [-0.4, -0.2) is 26.2 Å². The first-order valence-corrected chi connectivity index (χ1v) is 6.89. The van der Waals surface area contributed by atoms with Crippen LogP contribution in [0.15, 0.2) is 30.3 Å². The van der Waals surface area contributed by atoms with Crippen molar-refractivity contribution < 1.29 is 0 Å². The summed E-state index contributed by atoms with van der Waals surface area (Å²) < 4.78 is 0. The number of unbranched alkanes of at least 4 members (excludes halogenated alkanes) is 1. The third-order valence-electron chi connectivity index (χ3n) is 2.82. The summed E-state index contributed by atoms with van der Waals surface area (Å²) in [5, 5.41) is 6.86. The van der Waals surface area contributed by atoms with Gasteiger partial charge in [0.1, 0.15) is 0 Å². The fraction of sp³-hybridized carbons (Fsp3) is 0.600. The van der Waals surface area contributed by atoms with E-state index in [-0.39, 0.29) is 0 Å². The molecule has 0 aliphatic carbocycles. The minimum Gasteiger partial charge on any atom is -0.315 e. The molecule has 1 aromatic rings. The third-order valence-corrected chi connectivity index (χ3v) is 2.82. The highest BCUT2D eigenvalue weighted by molar-refractivity contribution is 5.14. The molecule has 96 valence electrons. The lowest BCUT2D eigenvalue weighted by molar-refractivity contribution is 0.582. The Hall–Kier alpha value is -0.860. The Morgan fingerprint density at radius 2 is 1.53 bits per heavy atom. The van der Waals surface area contributed by atoms with E-state index in [1.807, 2.05) is 0 Å². The summed E-state index contributed by atoms with van der Waals surface area (Å²) in [6, 6.07) is 10.7. The van der Waals surface area contributed by atoms with Gasteiger partial charge in [-0.15, -0.1) is 0 Å². The topological polar surface area (TPSA) is 24.1 Å². The van der Waals surface area contributed by atoms with E-state index < -0.39 is 0 Å². The summed E-state index contributed by atoms with van der Waals surface area (Å²) in [6.45, 7) is 6.65. The molecule has 17 heavy (non-hydrogen) atoms. The molecule has 0 saturated heterocycles. The fourth-order valence-corrected chi connectivity index (χ4v) is 1.83. The van der Waals surface area contributed by atoms with Crippen LogP contribution in [0.4, 0.5) is 0 Å². The van der Waals surface area contributed by atoms with Gasteiger partial charge in [0.2, 0.25) is 0 Å². The minimum absolute atomic E-state index is 1.09. The first-order valence-electron chi connectivity index (χ1n) is 6.89. The van der Waals surface area contributed by atoms with Crippen molar-refractivity contribution in [3.05, 3.63) is 35.9 Å². The van der Waals surface area contributed by atoms with E-state index in [2.05, 4.69) is 47.9 Å². The number of rotatable bonds is 10. The second-order valence-electron chi connectivity index (χ2n) is 4.44. The average molecular weight is 234 g/mol. The van der Waals surface area contributed by atoms with Crippen molar-refractivity contribution in [3.8, 4) is 0 Å². The molecule has 0 aliphatic rings. The van der Waals surface area contributed by atoms with Crippen LogP contribution in [0.2, 0.25) is 0 Å². The molecule has 0 saturated carbocycles. The molecular weight excluding hydrogens is 208 g/mol. The molecule has 2 nitrogen and oxygen atoms in total. The van der Waals surface area contributed by atoms with Crippen LogP contribution >= 0.6 is 0 Å². The van der Waals surface area contributed by atoms with Crippen LogP contribution in [0.5, 0.6) is 0 Å². The van der Waals surface area contributed by atoms with Gasteiger partial charge in [0.15, 0.2) is 0 Å². The maximum absolute atomic E-state index is 3.47. The second kappa shape index (κ2) is 10.3. The molecule has 0 atom stereocenters. The Bertz CT molecular complexity index is 259. The lowest BCUT2D eigenvalue weighted by Gasteiger charge is -2.05. The number of hydrogen-bond donors (Lipinski definition) is 2. The highest BCUT2D eigenvalue weighted by Gasteiger charge is 1.92. The predicted octanol–water partition coefficient (Wildman–Crippen LogP) is 2.60. The van der Waals surface area contributed by atoms with Crippen molar-refractivity contribution in [1.82, 2.24) is 10.6 Å². The van der Waals surface area contributed by atoms with Gasteiger partial charge in [-0.25, -0.2) is 0 Å². The van der Waals surface area contributed by atoms with Gasteiger partial charge < -0.3 is 10.6 Å². The van der Waals surface area contributed by atoms with E-state index in [0.29, 0.717) is 0 Å². The molecule has 0 aliphatic heterocycles. The molecule has 1 aromatic carbocycles. The SMILES string of the molecule is CCCNCCNCCCCc1ccccc1. The van der Waals surface area contributed by atoms with Crippen LogP contribution < -0.4 is 10.6 Å². The lowest BCUT2D eigenvalue weighted by atomic mass is 10.1. The van der Waals surface area contributed by atoms with Gasteiger partial charge in [-0.1, -0.05) is 37.3 Å². The fourth-order valence-electron chi connectivity index (χ4n) is 1.83. The lowest BCUT2D eigenvalue weighted by Crippen LogP contribution is -2.28. The third kappa shape index (κ3) is 7.94. The van der Waals surface area contributed by atoms with Gasteiger partial charge in [-0.3, -0.25) is 0 Å². The van der Waals surface area contributed by atoms with Gasteiger partial charge in [0.05, 0.1) is 0 Å². The van der Waals surface area contributed by atoms with E-state index in [1.165, 1.54) is 31.2 Å². The van der Waals surface area contributed by atoms with Crippen molar-refractivity contribution in [2.75, 3.05) is 26.2 Å². The van der Waals surface area contributed by atoms with Gasteiger partial charge >= 0.3 is 0 Å². The van der Waals surface area contributed by atoms with Crippen molar-refractivity contribution in [2.24, 2.45) is 0 Å². The first kappa shape index (κ1) is 14.2. The maximum Gasteiger partial charge on any atom is 0.00767 e. The standard InChI is InChI=1S/C15H26N2/c1-2-11-16-13-14-17-12-7-6-10-15-8-4-3-5-9-15/h3-5,8-9,16-17H,2,6-7,10-14H2,1H3. The van der Waals surface area contributed by atoms with E-state index in [9.17, 15) is 0 Å². The maximum atomic E-state index is 3.47. The molecule has 0 spiro atoms. The Kier molecular flexibility index (Phi) is 8.61. The molecule has 0 fully saturated rings. The van der Waals surface area contributed by atoms with Crippen molar-refractivity contribution in [1.29, 1.82) is 0 Å². The number of nitrogens with one attached hydrogen (secondary N) is 2. The summed E-state index contributed by atoms with van der Waals surface area (Å²) >= 11 is 0. The Morgan fingerprint density at radius 1 is 0.824 bits per heavy atom. The zero-order valence-corrected chi connectivity index (χ0v) is 11.0.